The third-order valence-corrected chi connectivity index (χ3v) is 8.09. The average molecular weight is 590 g/mol. The summed E-state index contributed by atoms with van der Waals surface area (Å²) in [7, 11) is 0. The van der Waals surface area contributed by atoms with E-state index in [2.05, 4.69) is 25.3 Å². The van der Waals surface area contributed by atoms with Crippen LogP contribution in [0.1, 0.15) is 28.8 Å². The summed E-state index contributed by atoms with van der Waals surface area (Å²) in [6, 6.07) is 11.9. The predicted octanol–water partition coefficient (Wildman–Crippen LogP) is 4.33. The Morgan fingerprint density at radius 1 is 1.00 bits per heavy atom. The maximum absolute atomic E-state index is 13.4. The first-order valence-corrected chi connectivity index (χ1v) is 14.4. The molecule has 2 fully saturated rings. The third-order valence-electron chi connectivity index (χ3n) is 8.09. The molecule has 2 aliphatic heterocycles. The van der Waals surface area contributed by atoms with Crippen LogP contribution in [0.4, 0.5) is 20.3 Å². The highest BCUT2D eigenvalue weighted by atomic mass is 19.3. The fourth-order valence-electron chi connectivity index (χ4n) is 5.77. The molecule has 0 atom stereocenters. The molecule has 2 saturated heterocycles. The quantitative estimate of drug-likeness (QED) is 0.331. The van der Waals surface area contributed by atoms with Crippen molar-refractivity contribution in [2.45, 2.75) is 26.4 Å². The number of hydrogen-bond acceptors (Lipinski definition) is 7. The molecule has 224 valence electrons. The summed E-state index contributed by atoms with van der Waals surface area (Å²) in [5.74, 6) is 0.867. The molecule has 0 spiro atoms. The molecule has 2 aliphatic rings. The van der Waals surface area contributed by atoms with Gasteiger partial charge in [-0.05, 0) is 80.9 Å². The highest BCUT2D eigenvalue weighted by Gasteiger charge is 2.30. The summed E-state index contributed by atoms with van der Waals surface area (Å²) < 4.78 is 31.3. The standard InChI is InChI=1S/C31H33F2N7O3/c1-20-18-23(4-7-25(20)30(42)39-16-14-38(15-17-39)29(41)22-8-10-34-11-9-22)37-27-28-36-19-26(40(28)13-12-35-27)21-2-5-24(6-3-21)43-31(32)33/h2-7,12-13,18-19,22,31,34H,8-11,14-17H2,1H3,(H,35,37). The minimum absolute atomic E-state index is 0.0406. The van der Waals surface area contributed by atoms with Gasteiger partial charge in [0.2, 0.25) is 5.91 Å². The Kier molecular flexibility index (Phi) is 8.19. The van der Waals surface area contributed by atoms with E-state index in [1.165, 1.54) is 12.1 Å². The zero-order chi connectivity index (χ0) is 29.9. The van der Waals surface area contributed by atoms with Gasteiger partial charge in [0, 0.05) is 61.3 Å². The number of amides is 2. The Morgan fingerprint density at radius 2 is 1.72 bits per heavy atom. The number of fused-ring (bicyclic) bond motifs is 1. The van der Waals surface area contributed by atoms with Gasteiger partial charge in [-0.1, -0.05) is 0 Å². The molecule has 0 radical (unpaired) electrons. The van der Waals surface area contributed by atoms with Crippen molar-refractivity contribution in [3.63, 3.8) is 0 Å². The van der Waals surface area contributed by atoms with E-state index in [0.717, 1.165) is 48.4 Å². The van der Waals surface area contributed by atoms with Gasteiger partial charge in [0.05, 0.1) is 11.9 Å². The second-order valence-corrected chi connectivity index (χ2v) is 10.8. The number of ether oxygens (including phenoxy) is 1. The van der Waals surface area contributed by atoms with E-state index in [1.54, 1.807) is 30.7 Å². The van der Waals surface area contributed by atoms with Gasteiger partial charge in [-0.25, -0.2) is 9.97 Å². The number of hydrogen-bond donors (Lipinski definition) is 2. The van der Waals surface area contributed by atoms with Gasteiger partial charge >= 0.3 is 6.61 Å². The van der Waals surface area contributed by atoms with E-state index in [1.807, 2.05) is 39.3 Å². The summed E-state index contributed by atoms with van der Waals surface area (Å²) in [5.41, 5.74) is 4.33. The topological polar surface area (TPSA) is 104 Å². The Labute approximate surface area is 247 Å². The van der Waals surface area contributed by atoms with Crippen molar-refractivity contribution in [1.82, 2.24) is 29.5 Å². The molecule has 0 saturated carbocycles. The summed E-state index contributed by atoms with van der Waals surface area (Å²) in [5, 5.41) is 6.61. The molecule has 43 heavy (non-hydrogen) atoms. The summed E-state index contributed by atoms with van der Waals surface area (Å²) >= 11 is 0. The number of imidazole rings is 1. The fourth-order valence-corrected chi connectivity index (χ4v) is 5.77. The first-order chi connectivity index (χ1) is 20.9. The molecule has 2 aromatic carbocycles. The smallest absolute Gasteiger partial charge is 0.387 e. The van der Waals surface area contributed by atoms with Crippen molar-refractivity contribution in [2.24, 2.45) is 5.92 Å². The summed E-state index contributed by atoms with van der Waals surface area (Å²) in [4.78, 5) is 39.0. The summed E-state index contributed by atoms with van der Waals surface area (Å²) in [6.07, 6.45) is 6.86. The van der Waals surface area contributed by atoms with E-state index in [4.69, 9.17) is 0 Å². The molecule has 0 unspecified atom stereocenters. The van der Waals surface area contributed by atoms with Crippen molar-refractivity contribution >= 4 is 29.0 Å². The zero-order valence-electron chi connectivity index (χ0n) is 23.8. The number of nitrogens with zero attached hydrogens (tertiary/aromatic N) is 5. The van der Waals surface area contributed by atoms with Crippen LogP contribution >= 0.6 is 0 Å². The van der Waals surface area contributed by atoms with Gasteiger partial charge in [0.15, 0.2) is 11.5 Å². The predicted molar refractivity (Wildman–Crippen MR) is 158 cm³/mol. The number of aromatic nitrogens is 3. The molecule has 2 amide bonds. The lowest BCUT2D eigenvalue weighted by atomic mass is 9.96. The number of aryl methyl sites for hydroxylation is 1. The van der Waals surface area contributed by atoms with Crippen molar-refractivity contribution in [1.29, 1.82) is 0 Å². The minimum atomic E-state index is -2.88. The van der Waals surface area contributed by atoms with Crippen molar-refractivity contribution < 1.29 is 23.1 Å². The van der Waals surface area contributed by atoms with Crippen LogP contribution in [0.2, 0.25) is 0 Å². The second kappa shape index (κ2) is 12.3. The van der Waals surface area contributed by atoms with Crippen LogP contribution in [0.25, 0.3) is 16.9 Å². The zero-order valence-corrected chi connectivity index (χ0v) is 23.8. The normalized spacial score (nSPS) is 16.1. The molecule has 12 heteroatoms. The Morgan fingerprint density at radius 3 is 2.42 bits per heavy atom. The van der Waals surface area contributed by atoms with Crippen LogP contribution in [-0.2, 0) is 4.79 Å². The van der Waals surface area contributed by atoms with Gasteiger partial charge in [-0.2, -0.15) is 8.78 Å². The number of piperazine rings is 1. The SMILES string of the molecule is Cc1cc(Nc2nccn3c(-c4ccc(OC(F)F)cc4)cnc23)ccc1C(=O)N1CCN(C(=O)C2CCNCC2)CC1. The Hall–Kier alpha value is -4.58. The lowest BCUT2D eigenvalue weighted by molar-refractivity contribution is -0.137. The molecule has 4 aromatic rings. The molecule has 6 rings (SSSR count). The van der Waals surface area contributed by atoms with Gasteiger partial charge in [0.1, 0.15) is 5.75 Å². The van der Waals surface area contributed by atoms with Gasteiger partial charge < -0.3 is 25.2 Å². The van der Waals surface area contributed by atoms with Gasteiger partial charge in [-0.15, -0.1) is 0 Å². The fraction of sp³-hybridized carbons (Fsp3) is 0.355. The van der Waals surface area contributed by atoms with E-state index in [-0.39, 0.29) is 23.5 Å². The monoisotopic (exact) mass is 589 g/mol. The summed E-state index contributed by atoms with van der Waals surface area (Å²) in [6.45, 7) is 2.94. The van der Waals surface area contributed by atoms with E-state index < -0.39 is 6.61 Å². The number of piperidine rings is 1. The maximum Gasteiger partial charge on any atom is 0.387 e. The van der Waals surface area contributed by atoms with Crippen molar-refractivity contribution in [3.05, 3.63) is 72.2 Å². The number of carbonyl (C=O) groups excluding carboxylic acids is 2. The molecule has 0 aliphatic carbocycles. The van der Waals surface area contributed by atoms with Crippen LogP contribution in [0, 0.1) is 12.8 Å². The third kappa shape index (κ3) is 6.14. The van der Waals surface area contributed by atoms with Crippen LogP contribution in [-0.4, -0.2) is 81.9 Å². The number of benzene rings is 2. The van der Waals surface area contributed by atoms with E-state index in [0.29, 0.717) is 43.2 Å². The molecule has 10 nitrogen and oxygen atoms in total. The molecular formula is C31H33F2N7O3. The molecule has 4 heterocycles. The van der Waals surface area contributed by atoms with Crippen molar-refractivity contribution in [2.75, 3.05) is 44.6 Å². The number of nitrogens with one attached hydrogen (secondary N) is 2. The number of rotatable bonds is 7. The van der Waals surface area contributed by atoms with Crippen LogP contribution in [0.3, 0.4) is 0 Å². The van der Waals surface area contributed by atoms with Crippen LogP contribution in [0.15, 0.2) is 61.1 Å². The van der Waals surface area contributed by atoms with Gasteiger partial charge in [0.25, 0.3) is 5.91 Å². The lowest BCUT2D eigenvalue weighted by Crippen LogP contribution is -2.52. The number of alkyl halides is 2. The largest absolute Gasteiger partial charge is 0.435 e. The van der Waals surface area contributed by atoms with Crippen molar-refractivity contribution in [3.8, 4) is 17.0 Å². The number of carbonyl (C=O) groups is 2. The number of halogens is 2. The Balaban J connectivity index is 1.12. The van der Waals surface area contributed by atoms with Crippen LogP contribution < -0.4 is 15.4 Å². The first kappa shape index (κ1) is 28.5. The van der Waals surface area contributed by atoms with Crippen LogP contribution in [0.5, 0.6) is 5.75 Å². The Bertz CT molecular complexity index is 1610. The lowest BCUT2D eigenvalue weighted by Gasteiger charge is -2.37. The molecule has 0 bridgehead atoms. The van der Waals surface area contributed by atoms with E-state index in [9.17, 15) is 18.4 Å². The highest BCUT2D eigenvalue weighted by molar-refractivity contribution is 5.96. The molecule has 2 aromatic heterocycles. The molecule has 2 N–H and O–H groups in total. The maximum atomic E-state index is 13.4. The second-order valence-electron chi connectivity index (χ2n) is 10.8. The highest BCUT2D eigenvalue weighted by Crippen LogP contribution is 2.28. The first-order valence-electron chi connectivity index (χ1n) is 14.4. The number of anilines is 2. The minimum Gasteiger partial charge on any atom is -0.435 e. The van der Waals surface area contributed by atoms with E-state index >= 15 is 0 Å². The average Bonchev–Trinajstić information content (AvgIpc) is 3.46. The molecular weight excluding hydrogens is 556 g/mol. The van der Waals surface area contributed by atoms with Gasteiger partial charge in [-0.3, -0.25) is 14.0 Å².